The molecule has 0 saturated carbocycles. The highest BCUT2D eigenvalue weighted by Crippen LogP contribution is 2.22. The van der Waals surface area contributed by atoms with E-state index in [2.05, 4.69) is 27.2 Å². The van der Waals surface area contributed by atoms with Crippen molar-refractivity contribution in [2.45, 2.75) is 32.2 Å². The average molecular weight is 400 g/mol. The lowest BCUT2D eigenvalue weighted by atomic mass is 9.95. The van der Waals surface area contributed by atoms with Crippen molar-refractivity contribution >= 4 is 17.7 Å². The van der Waals surface area contributed by atoms with E-state index in [-0.39, 0.29) is 12.0 Å². The van der Waals surface area contributed by atoms with Crippen LogP contribution in [-0.4, -0.2) is 24.6 Å². The maximum absolute atomic E-state index is 14.4. The van der Waals surface area contributed by atoms with Crippen molar-refractivity contribution in [2.75, 3.05) is 12.4 Å². The van der Waals surface area contributed by atoms with Crippen LogP contribution >= 0.6 is 0 Å². The number of hydrogen-bond acceptors (Lipinski definition) is 3. The molecule has 5 nitrogen and oxygen atoms in total. The van der Waals surface area contributed by atoms with Gasteiger partial charge in [-0.3, -0.25) is 4.79 Å². The molecule has 1 unspecified atom stereocenters. The van der Waals surface area contributed by atoms with E-state index in [1.807, 2.05) is 6.07 Å². The van der Waals surface area contributed by atoms with Crippen molar-refractivity contribution in [3.8, 4) is 11.8 Å². The van der Waals surface area contributed by atoms with E-state index in [0.29, 0.717) is 12.0 Å². The van der Waals surface area contributed by atoms with E-state index in [1.54, 1.807) is 38.1 Å². The van der Waals surface area contributed by atoms with Crippen LogP contribution in [0.25, 0.3) is 0 Å². The smallest absolute Gasteiger partial charge is 0.319 e. The number of carbonyl (C=O) groups excluding carboxylic acids is 2. The van der Waals surface area contributed by atoms with Crippen LogP contribution in [-0.2, 0) is 9.53 Å². The molecule has 2 aromatic carbocycles. The maximum atomic E-state index is 14.4. The molecule has 0 heterocycles. The van der Waals surface area contributed by atoms with E-state index in [1.165, 1.54) is 7.11 Å². The van der Waals surface area contributed by atoms with Crippen LogP contribution in [0.2, 0.25) is 0 Å². The second-order valence-electron chi connectivity index (χ2n) is 6.68. The van der Waals surface area contributed by atoms with Crippen molar-refractivity contribution in [1.29, 1.82) is 0 Å². The summed E-state index contributed by atoms with van der Waals surface area (Å²) < 4.78 is 33.3. The molecule has 0 aromatic heterocycles. The standard InChI is InChI=1S/C22H22F2N2O3/c1-4-22(2,14-19(27)29-3)26-21(28)25-20-17(23)12-16(13-18(20)24)11-10-15-8-6-5-7-9-15/h5-9,12-13H,4,14H2,1-3H3,(H2,25,26,28). The summed E-state index contributed by atoms with van der Waals surface area (Å²) in [4.78, 5) is 23.7. The molecule has 7 heteroatoms. The summed E-state index contributed by atoms with van der Waals surface area (Å²) in [6.45, 7) is 3.41. The molecule has 0 aliphatic heterocycles. The minimum absolute atomic E-state index is 0.0770. The molecular formula is C22H22F2N2O3. The van der Waals surface area contributed by atoms with Gasteiger partial charge >= 0.3 is 12.0 Å². The Morgan fingerprint density at radius 3 is 2.21 bits per heavy atom. The van der Waals surface area contributed by atoms with Gasteiger partial charge in [-0.25, -0.2) is 13.6 Å². The average Bonchev–Trinajstić information content (AvgIpc) is 2.69. The van der Waals surface area contributed by atoms with Gasteiger partial charge in [0.1, 0.15) is 5.69 Å². The highest BCUT2D eigenvalue weighted by molar-refractivity contribution is 5.90. The molecule has 2 aromatic rings. The molecule has 0 aliphatic carbocycles. The molecule has 0 aliphatic rings. The van der Waals surface area contributed by atoms with Crippen molar-refractivity contribution in [1.82, 2.24) is 5.32 Å². The Bertz CT molecular complexity index is 929. The molecule has 2 N–H and O–H groups in total. The first kappa shape index (κ1) is 21.9. The Balaban J connectivity index is 2.14. The maximum Gasteiger partial charge on any atom is 0.319 e. The normalized spacial score (nSPS) is 12.2. The fourth-order valence-corrected chi connectivity index (χ4v) is 2.50. The van der Waals surface area contributed by atoms with E-state index in [0.717, 1.165) is 12.1 Å². The van der Waals surface area contributed by atoms with Crippen LogP contribution < -0.4 is 10.6 Å². The second-order valence-corrected chi connectivity index (χ2v) is 6.68. The third-order valence-electron chi connectivity index (χ3n) is 4.36. The summed E-state index contributed by atoms with van der Waals surface area (Å²) in [6, 6.07) is 10.3. The van der Waals surface area contributed by atoms with Crippen LogP contribution in [0.1, 0.15) is 37.8 Å². The molecule has 0 bridgehead atoms. The minimum Gasteiger partial charge on any atom is -0.469 e. The number of hydrogen-bond donors (Lipinski definition) is 2. The topological polar surface area (TPSA) is 67.4 Å². The molecular weight excluding hydrogens is 378 g/mol. The predicted octanol–water partition coefficient (Wildman–Crippen LogP) is 4.22. The number of nitrogens with one attached hydrogen (secondary N) is 2. The number of carbonyl (C=O) groups is 2. The van der Waals surface area contributed by atoms with Gasteiger partial charge in [-0.15, -0.1) is 0 Å². The third-order valence-corrected chi connectivity index (χ3v) is 4.36. The third kappa shape index (κ3) is 6.32. The van der Waals surface area contributed by atoms with Gasteiger partial charge in [0, 0.05) is 16.7 Å². The monoisotopic (exact) mass is 400 g/mol. The Labute approximate surface area is 168 Å². The van der Waals surface area contributed by atoms with Gasteiger partial charge in [-0.2, -0.15) is 0 Å². The van der Waals surface area contributed by atoms with Crippen molar-refractivity contribution in [3.05, 3.63) is 65.2 Å². The Morgan fingerprint density at radius 2 is 1.66 bits per heavy atom. The fourth-order valence-electron chi connectivity index (χ4n) is 2.50. The van der Waals surface area contributed by atoms with Gasteiger partial charge in [0.2, 0.25) is 0 Å². The molecule has 0 spiro atoms. The zero-order chi connectivity index (χ0) is 21.4. The number of benzene rings is 2. The lowest BCUT2D eigenvalue weighted by Crippen LogP contribution is -2.49. The number of rotatable bonds is 5. The molecule has 152 valence electrons. The predicted molar refractivity (Wildman–Crippen MR) is 106 cm³/mol. The lowest BCUT2D eigenvalue weighted by molar-refractivity contribution is -0.142. The van der Waals surface area contributed by atoms with Crippen molar-refractivity contribution in [3.63, 3.8) is 0 Å². The van der Waals surface area contributed by atoms with Gasteiger partial charge < -0.3 is 15.4 Å². The van der Waals surface area contributed by atoms with Gasteiger partial charge in [0.25, 0.3) is 0 Å². The summed E-state index contributed by atoms with van der Waals surface area (Å²) in [5.74, 6) is 3.08. The Morgan fingerprint density at radius 1 is 1.07 bits per heavy atom. The highest BCUT2D eigenvalue weighted by atomic mass is 19.1. The van der Waals surface area contributed by atoms with Crippen molar-refractivity contribution in [2.24, 2.45) is 0 Å². The van der Waals surface area contributed by atoms with E-state index in [4.69, 9.17) is 0 Å². The lowest BCUT2D eigenvalue weighted by Gasteiger charge is -2.28. The van der Waals surface area contributed by atoms with Crippen LogP contribution in [0.5, 0.6) is 0 Å². The quantitative estimate of drug-likeness (QED) is 0.583. The van der Waals surface area contributed by atoms with Gasteiger partial charge in [-0.1, -0.05) is 37.0 Å². The second kappa shape index (κ2) is 9.69. The fraction of sp³-hybridized carbons (Fsp3) is 0.273. The Kier molecular flexibility index (Phi) is 7.32. The molecule has 0 radical (unpaired) electrons. The van der Waals surface area contributed by atoms with Gasteiger partial charge in [0.15, 0.2) is 11.6 Å². The van der Waals surface area contributed by atoms with E-state index in [9.17, 15) is 18.4 Å². The summed E-state index contributed by atoms with van der Waals surface area (Å²) in [6.07, 6.45) is 0.334. The molecule has 2 rings (SSSR count). The van der Waals surface area contributed by atoms with Crippen LogP contribution in [0, 0.1) is 23.5 Å². The number of urea groups is 1. The Hall–Kier alpha value is -3.40. The minimum atomic E-state index is -0.955. The molecule has 0 fully saturated rings. The first-order valence-electron chi connectivity index (χ1n) is 8.98. The molecule has 1 atom stereocenters. The van der Waals surface area contributed by atoms with Crippen molar-refractivity contribution < 1.29 is 23.1 Å². The highest BCUT2D eigenvalue weighted by Gasteiger charge is 2.28. The number of ether oxygens (including phenoxy) is 1. The van der Waals surface area contributed by atoms with Crippen LogP contribution in [0.15, 0.2) is 42.5 Å². The molecule has 0 saturated heterocycles. The number of amides is 2. The summed E-state index contributed by atoms with van der Waals surface area (Å²) >= 11 is 0. The first-order valence-corrected chi connectivity index (χ1v) is 8.98. The number of halogens is 2. The number of methoxy groups -OCH3 is 1. The number of esters is 1. The number of anilines is 1. The zero-order valence-corrected chi connectivity index (χ0v) is 16.4. The summed E-state index contributed by atoms with van der Waals surface area (Å²) in [5.41, 5.74) is -0.673. The van der Waals surface area contributed by atoms with Gasteiger partial charge in [0.05, 0.1) is 13.5 Å². The van der Waals surface area contributed by atoms with Crippen LogP contribution in [0.3, 0.4) is 0 Å². The first-order chi connectivity index (χ1) is 13.8. The summed E-state index contributed by atoms with van der Waals surface area (Å²) in [5, 5.41) is 4.72. The largest absolute Gasteiger partial charge is 0.469 e. The van der Waals surface area contributed by atoms with Gasteiger partial charge in [-0.05, 0) is 37.6 Å². The molecule has 2 amide bonds. The zero-order valence-electron chi connectivity index (χ0n) is 16.4. The molecule has 29 heavy (non-hydrogen) atoms. The summed E-state index contributed by atoms with van der Waals surface area (Å²) in [7, 11) is 1.24. The SMILES string of the molecule is CCC(C)(CC(=O)OC)NC(=O)Nc1c(F)cc(C#Cc2ccccc2)cc1F. The van der Waals surface area contributed by atoms with E-state index < -0.39 is 34.9 Å². The van der Waals surface area contributed by atoms with E-state index >= 15 is 0 Å². The van der Waals surface area contributed by atoms with Crippen LogP contribution in [0.4, 0.5) is 19.3 Å².